The first-order valence-electron chi connectivity index (χ1n) is 9.13. The van der Waals surface area contributed by atoms with Crippen LogP contribution in [-0.4, -0.2) is 41.2 Å². The number of rotatable bonds is 6. The molecule has 0 spiro atoms. The smallest absolute Gasteiger partial charge is 0.308 e. The predicted molar refractivity (Wildman–Crippen MR) is 97.3 cm³/mol. The van der Waals surface area contributed by atoms with Gasteiger partial charge in [-0.05, 0) is 44.0 Å². The van der Waals surface area contributed by atoms with Crippen molar-refractivity contribution >= 4 is 29.4 Å². The van der Waals surface area contributed by atoms with Gasteiger partial charge in [-0.1, -0.05) is 12.2 Å². The van der Waals surface area contributed by atoms with Crippen LogP contribution in [-0.2, 0) is 23.9 Å². The minimum atomic E-state index is -1.07. The summed E-state index contributed by atoms with van der Waals surface area (Å²) in [6, 6.07) is 5.17. The number of hydrogen-bond donors (Lipinski definition) is 1. The number of carbonyl (C=O) groups is 4. The van der Waals surface area contributed by atoms with Crippen LogP contribution in [0.3, 0.4) is 0 Å². The monoisotopic (exact) mass is 388 g/mol. The lowest BCUT2D eigenvalue weighted by atomic mass is 9.85. The van der Waals surface area contributed by atoms with E-state index >= 15 is 0 Å². The molecule has 148 valence electrons. The number of allylic oxidation sites excluding steroid dienone is 2. The van der Waals surface area contributed by atoms with E-state index in [0.717, 1.165) is 4.90 Å². The molecule has 0 aromatic heterocycles. The second-order valence-electron chi connectivity index (χ2n) is 6.86. The Labute approximate surface area is 161 Å². The summed E-state index contributed by atoms with van der Waals surface area (Å²) in [5, 5.41) is 2.51. The molecule has 1 aromatic carbocycles. The van der Waals surface area contributed by atoms with E-state index in [9.17, 15) is 23.6 Å². The van der Waals surface area contributed by atoms with Gasteiger partial charge in [0.2, 0.25) is 11.8 Å². The Morgan fingerprint density at radius 1 is 1.14 bits per heavy atom. The average molecular weight is 388 g/mol. The van der Waals surface area contributed by atoms with Gasteiger partial charge in [0.1, 0.15) is 5.82 Å². The molecule has 7 nitrogen and oxygen atoms in total. The highest BCUT2D eigenvalue weighted by molar-refractivity contribution is 6.05. The van der Waals surface area contributed by atoms with Crippen molar-refractivity contribution in [1.29, 1.82) is 0 Å². The maximum absolute atomic E-state index is 12.9. The van der Waals surface area contributed by atoms with Crippen LogP contribution in [0.4, 0.5) is 10.1 Å². The number of fused-ring (bicyclic) bond motifs is 1. The number of esters is 1. The quantitative estimate of drug-likeness (QED) is 0.457. The van der Waals surface area contributed by atoms with Gasteiger partial charge in [0.15, 0.2) is 6.10 Å². The van der Waals surface area contributed by atoms with Gasteiger partial charge in [-0.3, -0.25) is 24.1 Å². The molecule has 1 heterocycles. The van der Waals surface area contributed by atoms with E-state index in [1.165, 1.54) is 31.2 Å². The van der Waals surface area contributed by atoms with Crippen LogP contribution < -0.4 is 5.32 Å². The average Bonchev–Trinajstić information content (AvgIpc) is 2.92. The molecular weight excluding hydrogens is 367 g/mol. The fourth-order valence-corrected chi connectivity index (χ4v) is 3.38. The number of ether oxygens (including phenoxy) is 1. The van der Waals surface area contributed by atoms with Crippen molar-refractivity contribution in [2.75, 3.05) is 11.9 Å². The number of carbonyl (C=O) groups excluding carboxylic acids is 4. The molecule has 1 saturated heterocycles. The lowest BCUT2D eigenvalue weighted by Crippen LogP contribution is -2.35. The SMILES string of the molecule is C[C@@H](OC(=O)CCN1C(=O)[C@H]2CC=CC[C@@H]2C1=O)C(=O)Nc1ccc(F)cc1. The zero-order valence-corrected chi connectivity index (χ0v) is 15.4. The number of nitrogens with one attached hydrogen (secondary N) is 1. The van der Waals surface area contributed by atoms with Gasteiger partial charge in [0.25, 0.3) is 5.91 Å². The lowest BCUT2D eigenvalue weighted by molar-refractivity contribution is -0.154. The van der Waals surface area contributed by atoms with Gasteiger partial charge in [-0.25, -0.2) is 4.39 Å². The zero-order chi connectivity index (χ0) is 20.3. The van der Waals surface area contributed by atoms with Crippen molar-refractivity contribution in [1.82, 2.24) is 4.90 Å². The van der Waals surface area contributed by atoms with Gasteiger partial charge in [-0.2, -0.15) is 0 Å². The molecular formula is C20H21FN2O5. The minimum absolute atomic E-state index is 0.0597. The molecule has 1 aromatic rings. The second-order valence-corrected chi connectivity index (χ2v) is 6.86. The van der Waals surface area contributed by atoms with Gasteiger partial charge < -0.3 is 10.1 Å². The summed E-state index contributed by atoms with van der Waals surface area (Å²) >= 11 is 0. The molecule has 3 atom stereocenters. The number of benzene rings is 1. The number of halogens is 1. The Kier molecular flexibility index (Phi) is 5.87. The fourth-order valence-electron chi connectivity index (χ4n) is 3.38. The molecule has 3 rings (SSSR count). The minimum Gasteiger partial charge on any atom is -0.452 e. The first kappa shape index (κ1) is 19.7. The van der Waals surface area contributed by atoms with Crippen molar-refractivity contribution in [2.45, 2.75) is 32.3 Å². The molecule has 28 heavy (non-hydrogen) atoms. The molecule has 1 aliphatic heterocycles. The van der Waals surface area contributed by atoms with Gasteiger partial charge in [0.05, 0.1) is 18.3 Å². The van der Waals surface area contributed by atoms with Crippen LogP contribution in [0.15, 0.2) is 36.4 Å². The highest BCUT2D eigenvalue weighted by Crippen LogP contribution is 2.35. The Morgan fingerprint density at radius 2 is 1.71 bits per heavy atom. The zero-order valence-electron chi connectivity index (χ0n) is 15.4. The third kappa shape index (κ3) is 4.27. The van der Waals surface area contributed by atoms with E-state index in [4.69, 9.17) is 4.74 Å². The third-order valence-electron chi connectivity index (χ3n) is 4.93. The van der Waals surface area contributed by atoms with Crippen LogP contribution in [0.1, 0.15) is 26.2 Å². The number of likely N-dealkylation sites (tertiary alicyclic amines) is 1. The lowest BCUT2D eigenvalue weighted by Gasteiger charge is -2.16. The van der Waals surface area contributed by atoms with E-state index in [-0.39, 0.29) is 36.6 Å². The molecule has 0 radical (unpaired) electrons. The standard InChI is InChI=1S/C20H21FN2O5/c1-12(18(25)22-14-8-6-13(21)7-9-14)28-17(24)10-11-23-19(26)15-4-2-3-5-16(15)20(23)27/h2-3,6-9,12,15-16H,4-5,10-11H2,1H3,(H,22,25)/t12-,15+,16+/m1/s1. The van der Waals surface area contributed by atoms with Crippen molar-refractivity contribution < 1.29 is 28.3 Å². The number of amides is 3. The summed E-state index contributed by atoms with van der Waals surface area (Å²) in [6.45, 7) is 1.35. The van der Waals surface area contributed by atoms with E-state index < -0.39 is 23.8 Å². The summed E-state index contributed by atoms with van der Waals surface area (Å²) in [6.07, 6.45) is 3.61. The maximum atomic E-state index is 12.9. The van der Waals surface area contributed by atoms with Crippen LogP contribution in [0, 0.1) is 17.7 Å². The first-order chi connectivity index (χ1) is 13.4. The topological polar surface area (TPSA) is 92.8 Å². The van der Waals surface area contributed by atoms with Crippen molar-refractivity contribution in [2.24, 2.45) is 11.8 Å². The van der Waals surface area contributed by atoms with Crippen LogP contribution in [0.5, 0.6) is 0 Å². The van der Waals surface area contributed by atoms with E-state index in [1.807, 2.05) is 12.2 Å². The molecule has 8 heteroatoms. The maximum Gasteiger partial charge on any atom is 0.308 e. The highest BCUT2D eigenvalue weighted by Gasteiger charge is 2.47. The Hall–Kier alpha value is -3.03. The van der Waals surface area contributed by atoms with Gasteiger partial charge >= 0.3 is 5.97 Å². The normalized spacial score (nSPS) is 22.0. The number of anilines is 1. The van der Waals surface area contributed by atoms with Crippen LogP contribution in [0.2, 0.25) is 0 Å². The fraction of sp³-hybridized carbons (Fsp3) is 0.400. The van der Waals surface area contributed by atoms with Crippen LogP contribution >= 0.6 is 0 Å². The first-order valence-corrected chi connectivity index (χ1v) is 9.13. The summed E-state index contributed by atoms with van der Waals surface area (Å²) in [7, 11) is 0. The van der Waals surface area contributed by atoms with Gasteiger partial charge in [0, 0.05) is 12.2 Å². The summed E-state index contributed by atoms with van der Waals surface area (Å²) in [5.41, 5.74) is 0.374. The number of hydrogen-bond acceptors (Lipinski definition) is 5. The van der Waals surface area contributed by atoms with Crippen LogP contribution in [0.25, 0.3) is 0 Å². The van der Waals surface area contributed by atoms with E-state index in [2.05, 4.69) is 5.32 Å². The molecule has 1 fully saturated rings. The molecule has 1 aliphatic carbocycles. The van der Waals surface area contributed by atoms with Crippen molar-refractivity contribution in [3.05, 3.63) is 42.2 Å². The molecule has 0 bridgehead atoms. The number of imide groups is 1. The highest BCUT2D eigenvalue weighted by atomic mass is 19.1. The Balaban J connectivity index is 1.47. The van der Waals surface area contributed by atoms with Crippen molar-refractivity contribution in [3.8, 4) is 0 Å². The predicted octanol–water partition coefficient (Wildman–Crippen LogP) is 2.04. The Bertz CT molecular complexity index is 794. The molecule has 0 saturated carbocycles. The van der Waals surface area contributed by atoms with E-state index in [1.54, 1.807) is 0 Å². The Morgan fingerprint density at radius 3 is 2.29 bits per heavy atom. The number of nitrogens with zero attached hydrogens (tertiary/aromatic N) is 1. The summed E-state index contributed by atoms with van der Waals surface area (Å²) in [4.78, 5) is 49.9. The summed E-state index contributed by atoms with van der Waals surface area (Å²) in [5.74, 6) is -2.87. The third-order valence-corrected chi connectivity index (χ3v) is 4.93. The largest absolute Gasteiger partial charge is 0.452 e. The molecule has 0 unspecified atom stereocenters. The second kappa shape index (κ2) is 8.33. The van der Waals surface area contributed by atoms with Crippen molar-refractivity contribution in [3.63, 3.8) is 0 Å². The molecule has 3 amide bonds. The molecule has 2 aliphatic rings. The van der Waals surface area contributed by atoms with Gasteiger partial charge in [-0.15, -0.1) is 0 Å². The van der Waals surface area contributed by atoms with E-state index in [0.29, 0.717) is 18.5 Å². The molecule has 1 N–H and O–H groups in total. The summed E-state index contributed by atoms with van der Waals surface area (Å²) < 4.78 is 18.0.